The number of nitrogens with one attached hydrogen (secondary N) is 1. The summed E-state index contributed by atoms with van der Waals surface area (Å²) in [6, 6.07) is 4.88. The van der Waals surface area contributed by atoms with Gasteiger partial charge in [0.2, 0.25) is 0 Å². The minimum absolute atomic E-state index is 0.221. The molecular formula is C12H17ClFN. The lowest BCUT2D eigenvalue weighted by Gasteiger charge is -2.19. The maximum absolute atomic E-state index is 13.1. The highest BCUT2D eigenvalue weighted by Gasteiger charge is 2.10. The topological polar surface area (TPSA) is 12.0 Å². The minimum Gasteiger partial charge on any atom is -0.312 e. The Kier molecular flexibility index (Phi) is 4.12. The van der Waals surface area contributed by atoms with E-state index in [4.69, 9.17) is 11.6 Å². The first-order valence-corrected chi connectivity index (χ1v) is 5.41. The summed E-state index contributed by atoms with van der Waals surface area (Å²) in [7, 11) is 0. The van der Waals surface area contributed by atoms with Crippen molar-refractivity contribution in [3.05, 3.63) is 34.6 Å². The van der Waals surface area contributed by atoms with Gasteiger partial charge < -0.3 is 5.32 Å². The quantitative estimate of drug-likeness (QED) is 0.835. The lowest BCUT2D eigenvalue weighted by atomic mass is 9.97. The first-order chi connectivity index (χ1) is 6.90. The number of hydrogen-bond donors (Lipinski definition) is 1. The average molecular weight is 230 g/mol. The second-order valence-electron chi connectivity index (χ2n) is 4.88. The van der Waals surface area contributed by atoms with Crippen molar-refractivity contribution in [2.75, 3.05) is 6.54 Å². The monoisotopic (exact) mass is 229 g/mol. The van der Waals surface area contributed by atoms with Crippen molar-refractivity contribution in [1.29, 1.82) is 0 Å². The molecule has 0 spiro atoms. The van der Waals surface area contributed by atoms with Crippen molar-refractivity contribution in [1.82, 2.24) is 5.32 Å². The third-order valence-electron chi connectivity index (χ3n) is 2.00. The molecule has 15 heavy (non-hydrogen) atoms. The van der Waals surface area contributed by atoms with Crippen LogP contribution in [0.1, 0.15) is 26.3 Å². The molecule has 0 aliphatic rings. The van der Waals surface area contributed by atoms with E-state index in [0.717, 1.165) is 12.1 Å². The molecule has 0 saturated heterocycles. The van der Waals surface area contributed by atoms with Gasteiger partial charge in [0.15, 0.2) is 0 Å². The van der Waals surface area contributed by atoms with Crippen molar-refractivity contribution < 1.29 is 4.39 Å². The molecule has 0 aliphatic carbocycles. The van der Waals surface area contributed by atoms with Crippen LogP contribution in [-0.2, 0) is 6.54 Å². The molecule has 1 N–H and O–H groups in total. The summed E-state index contributed by atoms with van der Waals surface area (Å²) in [6.07, 6.45) is 0. The van der Waals surface area contributed by atoms with E-state index in [2.05, 4.69) is 26.1 Å². The fraction of sp³-hybridized carbons (Fsp3) is 0.500. The standard InChI is InChI=1S/C12H17ClFN/c1-12(2,3)8-15-7-9-5-4-6-10(14)11(9)13/h4-6,15H,7-8H2,1-3H3. The van der Waals surface area contributed by atoms with E-state index < -0.39 is 0 Å². The van der Waals surface area contributed by atoms with Crippen molar-refractivity contribution in [3.63, 3.8) is 0 Å². The first-order valence-electron chi connectivity index (χ1n) is 5.04. The molecule has 0 heterocycles. The van der Waals surface area contributed by atoms with Gasteiger partial charge >= 0.3 is 0 Å². The number of rotatable bonds is 3. The van der Waals surface area contributed by atoms with Gasteiger partial charge in [-0.2, -0.15) is 0 Å². The van der Waals surface area contributed by atoms with Gasteiger partial charge in [0.05, 0.1) is 5.02 Å². The summed E-state index contributed by atoms with van der Waals surface area (Å²) < 4.78 is 13.1. The Morgan fingerprint density at radius 2 is 2.00 bits per heavy atom. The Balaban J connectivity index is 2.55. The molecular weight excluding hydrogens is 213 g/mol. The lowest BCUT2D eigenvalue weighted by molar-refractivity contribution is 0.379. The van der Waals surface area contributed by atoms with Gasteiger partial charge in [-0.05, 0) is 17.0 Å². The molecule has 1 aromatic carbocycles. The normalized spacial score (nSPS) is 11.8. The van der Waals surface area contributed by atoms with Crippen molar-refractivity contribution >= 4 is 11.6 Å². The van der Waals surface area contributed by atoms with Crippen LogP contribution in [0.5, 0.6) is 0 Å². The third kappa shape index (κ3) is 4.18. The van der Waals surface area contributed by atoms with Gasteiger partial charge in [0, 0.05) is 13.1 Å². The molecule has 0 atom stereocenters. The van der Waals surface area contributed by atoms with E-state index >= 15 is 0 Å². The fourth-order valence-electron chi connectivity index (χ4n) is 1.26. The predicted octanol–water partition coefficient (Wildman–Crippen LogP) is 3.61. The highest BCUT2D eigenvalue weighted by molar-refractivity contribution is 6.31. The van der Waals surface area contributed by atoms with Crippen LogP contribution in [0.25, 0.3) is 0 Å². The van der Waals surface area contributed by atoms with E-state index in [0.29, 0.717) is 6.54 Å². The van der Waals surface area contributed by atoms with E-state index in [1.165, 1.54) is 6.07 Å². The van der Waals surface area contributed by atoms with Crippen LogP contribution >= 0.6 is 11.6 Å². The summed E-state index contributed by atoms with van der Waals surface area (Å²) in [6.45, 7) is 7.92. The molecule has 0 aliphatic heterocycles. The van der Waals surface area contributed by atoms with E-state index in [1.54, 1.807) is 6.07 Å². The largest absolute Gasteiger partial charge is 0.312 e. The summed E-state index contributed by atoms with van der Waals surface area (Å²) in [5.74, 6) is -0.355. The van der Waals surface area contributed by atoms with Crippen molar-refractivity contribution in [2.24, 2.45) is 5.41 Å². The summed E-state index contributed by atoms with van der Waals surface area (Å²) in [5, 5.41) is 3.48. The van der Waals surface area contributed by atoms with Crippen LogP contribution in [0.3, 0.4) is 0 Å². The second-order valence-corrected chi connectivity index (χ2v) is 5.26. The van der Waals surface area contributed by atoms with Crippen LogP contribution < -0.4 is 5.32 Å². The molecule has 0 fully saturated rings. The van der Waals surface area contributed by atoms with Crippen LogP contribution in [0.15, 0.2) is 18.2 Å². The van der Waals surface area contributed by atoms with E-state index in [1.807, 2.05) is 6.07 Å². The van der Waals surface area contributed by atoms with Crippen LogP contribution in [0, 0.1) is 11.2 Å². The van der Waals surface area contributed by atoms with Gasteiger partial charge in [0.1, 0.15) is 5.82 Å². The van der Waals surface area contributed by atoms with Gasteiger partial charge in [-0.25, -0.2) is 4.39 Å². The molecule has 84 valence electrons. The summed E-state index contributed by atoms with van der Waals surface area (Å²) >= 11 is 5.83. The van der Waals surface area contributed by atoms with Gasteiger partial charge in [-0.1, -0.05) is 44.5 Å². The Morgan fingerprint density at radius 1 is 1.33 bits per heavy atom. The summed E-state index contributed by atoms with van der Waals surface area (Å²) in [4.78, 5) is 0. The zero-order valence-electron chi connectivity index (χ0n) is 9.40. The van der Waals surface area contributed by atoms with E-state index in [9.17, 15) is 4.39 Å². The fourth-order valence-corrected chi connectivity index (χ4v) is 1.45. The van der Waals surface area contributed by atoms with Gasteiger partial charge in [-0.3, -0.25) is 0 Å². The minimum atomic E-state index is -0.355. The summed E-state index contributed by atoms with van der Waals surface area (Å²) in [5.41, 5.74) is 1.03. The number of halogens is 2. The molecule has 3 heteroatoms. The number of hydrogen-bond acceptors (Lipinski definition) is 1. The number of benzene rings is 1. The van der Waals surface area contributed by atoms with Crippen LogP contribution in [0.4, 0.5) is 4.39 Å². The molecule has 0 aromatic heterocycles. The molecule has 0 saturated carbocycles. The molecule has 1 nitrogen and oxygen atoms in total. The zero-order valence-corrected chi connectivity index (χ0v) is 10.2. The molecule has 0 bridgehead atoms. The molecule has 0 amide bonds. The SMILES string of the molecule is CC(C)(C)CNCc1cccc(F)c1Cl. The Labute approximate surface area is 95.6 Å². The molecule has 1 aromatic rings. The maximum Gasteiger partial charge on any atom is 0.142 e. The Hall–Kier alpha value is -0.600. The molecule has 0 unspecified atom stereocenters. The second kappa shape index (κ2) is 4.95. The Bertz CT molecular complexity index is 331. The smallest absolute Gasteiger partial charge is 0.142 e. The zero-order chi connectivity index (χ0) is 11.5. The molecule has 1 rings (SSSR count). The van der Waals surface area contributed by atoms with Crippen molar-refractivity contribution in [3.8, 4) is 0 Å². The highest BCUT2D eigenvalue weighted by Crippen LogP contribution is 2.19. The van der Waals surface area contributed by atoms with Crippen LogP contribution in [0.2, 0.25) is 5.02 Å². The molecule has 0 radical (unpaired) electrons. The maximum atomic E-state index is 13.1. The van der Waals surface area contributed by atoms with Crippen LogP contribution in [-0.4, -0.2) is 6.54 Å². The van der Waals surface area contributed by atoms with E-state index in [-0.39, 0.29) is 16.3 Å². The average Bonchev–Trinajstić information content (AvgIpc) is 2.10. The van der Waals surface area contributed by atoms with Crippen molar-refractivity contribution in [2.45, 2.75) is 27.3 Å². The Morgan fingerprint density at radius 3 is 2.60 bits per heavy atom. The first kappa shape index (κ1) is 12.5. The predicted molar refractivity (Wildman–Crippen MR) is 62.6 cm³/mol. The van der Waals surface area contributed by atoms with Gasteiger partial charge in [0.25, 0.3) is 0 Å². The highest BCUT2D eigenvalue weighted by atomic mass is 35.5. The van der Waals surface area contributed by atoms with Gasteiger partial charge in [-0.15, -0.1) is 0 Å². The third-order valence-corrected chi connectivity index (χ3v) is 2.43. The lowest BCUT2D eigenvalue weighted by Crippen LogP contribution is -2.26.